The van der Waals surface area contributed by atoms with Crippen molar-refractivity contribution >= 4 is 17.8 Å². The molecule has 1 aliphatic carbocycles. The van der Waals surface area contributed by atoms with Crippen LogP contribution in [0.1, 0.15) is 57.1 Å². The van der Waals surface area contributed by atoms with Gasteiger partial charge in [-0.05, 0) is 41.0 Å². The number of alkyl carbamates (subject to hydrolysis) is 1. The van der Waals surface area contributed by atoms with Gasteiger partial charge in [-0.15, -0.1) is 0 Å². The molecule has 2 atom stereocenters. The van der Waals surface area contributed by atoms with E-state index in [0.717, 1.165) is 11.1 Å². The first kappa shape index (κ1) is 24.5. The first-order valence-corrected chi connectivity index (χ1v) is 11.7. The van der Waals surface area contributed by atoms with Crippen LogP contribution in [0.2, 0.25) is 0 Å². The molecule has 0 radical (unpaired) electrons. The lowest BCUT2D eigenvalue weighted by Gasteiger charge is -2.18. The topological polar surface area (TPSA) is 98.5 Å². The van der Waals surface area contributed by atoms with Gasteiger partial charge in [0.1, 0.15) is 12.4 Å². The molecular formula is C27H34N2O4. The third kappa shape index (κ3) is 6.21. The smallest absolute Gasteiger partial charge is 0.407 e. The molecule has 0 fully saturated rings. The van der Waals surface area contributed by atoms with Gasteiger partial charge < -0.3 is 15.8 Å². The van der Waals surface area contributed by atoms with E-state index < -0.39 is 17.9 Å². The lowest BCUT2D eigenvalue weighted by molar-refractivity contribution is -0.129. The van der Waals surface area contributed by atoms with E-state index in [9.17, 15) is 14.4 Å². The number of ketones is 1. The summed E-state index contributed by atoms with van der Waals surface area (Å²) < 4.78 is 5.53. The van der Waals surface area contributed by atoms with Gasteiger partial charge in [0.15, 0.2) is 0 Å². The van der Waals surface area contributed by atoms with E-state index in [4.69, 9.17) is 10.5 Å². The second kappa shape index (κ2) is 11.1. The molecular weight excluding hydrogens is 416 g/mol. The molecule has 2 aromatic rings. The summed E-state index contributed by atoms with van der Waals surface area (Å²) in [6, 6.07) is 16.4. The van der Waals surface area contributed by atoms with E-state index in [-0.39, 0.29) is 30.6 Å². The van der Waals surface area contributed by atoms with Gasteiger partial charge in [-0.1, -0.05) is 69.3 Å². The number of Topliss-reactive ketones (excluding diaryl/α,β-unsaturated/α-hetero) is 1. The molecule has 2 amide bonds. The van der Waals surface area contributed by atoms with Crippen molar-refractivity contribution < 1.29 is 19.1 Å². The summed E-state index contributed by atoms with van der Waals surface area (Å²) in [4.78, 5) is 36.4. The third-order valence-corrected chi connectivity index (χ3v) is 6.35. The van der Waals surface area contributed by atoms with E-state index in [2.05, 4.69) is 29.6 Å². The summed E-state index contributed by atoms with van der Waals surface area (Å²) in [5.41, 5.74) is 10.1. The highest BCUT2D eigenvalue weighted by Gasteiger charge is 2.29. The summed E-state index contributed by atoms with van der Waals surface area (Å²) in [6.45, 7) is 6.40. The Morgan fingerprint density at radius 1 is 0.970 bits per heavy atom. The number of hydrogen-bond acceptors (Lipinski definition) is 4. The number of ether oxygens (including phenoxy) is 1. The number of carbonyl (C=O) groups excluding carboxylic acids is 3. The second-order valence-electron chi connectivity index (χ2n) is 9.34. The number of carbonyl (C=O) groups is 3. The van der Waals surface area contributed by atoms with Crippen molar-refractivity contribution in [2.24, 2.45) is 23.5 Å². The zero-order valence-electron chi connectivity index (χ0n) is 19.7. The average Bonchev–Trinajstić information content (AvgIpc) is 3.10. The Morgan fingerprint density at radius 2 is 1.55 bits per heavy atom. The maximum atomic E-state index is 12.5. The molecule has 0 aliphatic heterocycles. The molecule has 0 unspecified atom stereocenters. The van der Waals surface area contributed by atoms with Crippen LogP contribution in [0.5, 0.6) is 0 Å². The molecule has 6 nitrogen and oxygen atoms in total. The van der Waals surface area contributed by atoms with Crippen LogP contribution < -0.4 is 11.1 Å². The van der Waals surface area contributed by atoms with Crippen molar-refractivity contribution in [3.05, 3.63) is 59.7 Å². The molecule has 6 heteroatoms. The zero-order valence-corrected chi connectivity index (χ0v) is 19.7. The summed E-state index contributed by atoms with van der Waals surface area (Å²) in [5.74, 6) is -0.839. The monoisotopic (exact) mass is 450 g/mol. The number of primary amides is 1. The van der Waals surface area contributed by atoms with Gasteiger partial charge in [-0.2, -0.15) is 0 Å². The third-order valence-electron chi connectivity index (χ3n) is 6.35. The maximum absolute atomic E-state index is 12.5. The van der Waals surface area contributed by atoms with Crippen molar-refractivity contribution in [2.75, 3.05) is 13.2 Å². The Morgan fingerprint density at radius 3 is 2.09 bits per heavy atom. The molecule has 2 aromatic carbocycles. The van der Waals surface area contributed by atoms with Crippen LogP contribution in [0.4, 0.5) is 4.79 Å². The minimum atomic E-state index is -0.494. The fourth-order valence-electron chi connectivity index (χ4n) is 4.51. The first-order chi connectivity index (χ1) is 15.8. The molecule has 176 valence electrons. The Balaban J connectivity index is 1.46. The molecule has 3 rings (SSSR count). The van der Waals surface area contributed by atoms with Crippen molar-refractivity contribution in [1.29, 1.82) is 0 Å². The largest absolute Gasteiger partial charge is 0.449 e. The molecule has 0 spiro atoms. The zero-order chi connectivity index (χ0) is 24.0. The van der Waals surface area contributed by atoms with Gasteiger partial charge in [0, 0.05) is 30.7 Å². The van der Waals surface area contributed by atoms with Crippen molar-refractivity contribution in [1.82, 2.24) is 5.32 Å². The van der Waals surface area contributed by atoms with E-state index in [0.29, 0.717) is 25.3 Å². The SMILES string of the molecule is CC(C)C[C@H](CC(=O)[C@@H](C)CCNC(=O)OCC1c2ccccc2-c2ccccc21)C(N)=O. The number of nitrogens with two attached hydrogens (primary N) is 1. The van der Waals surface area contributed by atoms with Gasteiger partial charge in [0.2, 0.25) is 5.91 Å². The Kier molecular flexibility index (Phi) is 8.26. The summed E-state index contributed by atoms with van der Waals surface area (Å²) in [5, 5.41) is 2.74. The number of hydrogen-bond donors (Lipinski definition) is 2. The standard InChI is InChI=1S/C27H34N2O4/c1-17(2)14-19(26(28)31)15-25(30)18(3)12-13-29-27(32)33-16-24-22-10-6-4-8-20(22)21-9-5-7-11-23(21)24/h4-11,17-19,24H,12-16H2,1-3H3,(H2,28,31)(H,29,32)/t18-,19+/m0/s1. The van der Waals surface area contributed by atoms with Gasteiger partial charge in [0.05, 0.1) is 0 Å². The number of amides is 2. The predicted molar refractivity (Wildman–Crippen MR) is 129 cm³/mol. The molecule has 0 aromatic heterocycles. The lowest BCUT2D eigenvalue weighted by Crippen LogP contribution is -2.31. The quantitative estimate of drug-likeness (QED) is 0.520. The Labute approximate surface area is 195 Å². The van der Waals surface area contributed by atoms with Crippen LogP contribution in [0.25, 0.3) is 11.1 Å². The number of nitrogens with one attached hydrogen (secondary N) is 1. The van der Waals surface area contributed by atoms with Crippen LogP contribution in [0, 0.1) is 17.8 Å². The Hall–Kier alpha value is -3.15. The van der Waals surface area contributed by atoms with E-state index in [1.54, 1.807) is 0 Å². The second-order valence-corrected chi connectivity index (χ2v) is 9.34. The molecule has 0 saturated carbocycles. The predicted octanol–water partition coefficient (Wildman–Crippen LogP) is 4.66. The van der Waals surface area contributed by atoms with Crippen molar-refractivity contribution in [3.63, 3.8) is 0 Å². The van der Waals surface area contributed by atoms with Crippen molar-refractivity contribution in [2.45, 2.75) is 46.0 Å². The van der Waals surface area contributed by atoms with Crippen LogP contribution in [0.15, 0.2) is 48.5 Å². The number of rotatable bonds is 11. The molecule has 0 bridgehead atoms. The van der Waals surface area contributed by atoms with Gasteiger partial charge in [-0.25, -0.2) is 4.79 Å². The first-order valence-electron chi connectivity index (χ1n) is 11.7. The Bertz CT molecular complexity index is 956. The lowest BCUT2D eigenvalue weighted by atomic mass is 9.88. The highest BCUT2D eigenvalue weighted by atomic mass is 16.5. The van der Waals surface area contributed by atoms with Crippen LogP contribution >= 0.6 is 0 Å². The van der Waals surface area contributed by atoms with Crippen molar-refractivity contribution in [3.8, 4) is 11.1 Å². The molecule has 33 heavy (non-hydrogen) atoms. The van der Waals surface area contributed by atoms with Gasteiger partial charge >= 0.3 is 6.09 Å². The normalized spacial score (nSPS) is 14.3. The van der Waals surface area contributed by atoms with E-state index in [1.165, 1.54) is 11.1 Å². The summed E-state index contributed by atoms with van der Waals surface area (Å²) >= 11 is 0. The van der Waals surface area contributed by atoms with E-state index in [1.807, 2.05) is 45.0 Å². The highest BCUT2D eigenvalue weighted by molar-refractivity contribution is 5.87. The summed E-state index contributed by atoms with van der Waals surface area (Å²) in [6.07, 6.45) is 0.744. The molecule has 1 aliphatic rings. The summed E-state index contributed by atoms with van der Waals surface area (Å²) in [7, 11) is 0. The molecule has 3 N–H and O–H groups in total. The van der Waals surface area contributed by atoms with Crippen LogP contribution in [-0.2, 0) is 14.3 Å². The minimum absolute atomic E-state index is 0.00575. The minimum Gasteiger partial charge on any atom is -0.449 e. The average molecular weight is 451 g/mol. The van der Waals surface area contributed by atoms with Crippen LogP contribution in [0.3, 0.4) is 0 Å². The maximum Gasteiger partial charge on any atom is 0.407 e. The molecule has 0 saturated heterocycles. The fourth-order valence-corrected chi connectivity index (χ4v) is 4.51. The molecule has 0 heterocycles. The van der Waals surface area contributed by atoms with Gasteiger partial charge in [0.25, 0.3) is 0 Å². The van der Waals surface area contributed by atoms with Crippen LogP contribution in [-0.4, -0.2) is 30.9 Å². The highest BCUT2D eigenvalue weighted by Crippen LogP contribution is 2.44. The number of benzene rings is 2. The number of fused-ring (bicyclic) bond motifs is 3. The van der Waals surface area contributed by atoms with Gasteiger partial charge in [-0.3, -0.25) is 9.59 Å². The fraction of sp³-hybridized carbons (Fsp3) is 0.444. The van der Waals surface area contributed by atoms with E-state index >= 15 is 0 Å².